The quantitative estimate of drug-likeness (QED) is 0.713. The third-order valence-corrected chi connectivity index (χ3v) is 4.50. The molecule has 0 radical (unpaired) electrons. The van der Waals surface area contributed by atoms with Gasteiger partial charge in [-0.05, 0) is 56.0 Å². The molecule has 0 bridgehead atoms. The Morgan fingerprint density at radius 1 is 1.19 bits per heavy atom. The second kappa shape index (κ2) is 6.97. The second-order valence-electron chi connectivity index (χ2n) is 7.47. The summed E-state index contributed by atoms with van der Waals surface area (Å²) in [7, 11) is 0. The highest BCUT2D eigenvalue weighted by atomic mass is 16.3. The van der Waals surface area contributed by atoms with E-state index in [0.29, 0.717) is 5.92 Å². The van der Waals surface area contributed by atoms with Crippen molar-refractivity contribution < 1.29 is 4.42 Å². The van der Waals surface area contributed by atoms with Gasteiger partial charge in [-0.15, -0.1) is 0 Å². The highest BCUT2D eigenvalue weighted by molar-refractivity contribution is 5.17. The molecule has 0 aliphatic heterocycles. The molecule has 2 aliphatic carbocycles. The summed E-state index contributed by atoms with van der Waals surface area (Å²) in [4.78, 5) is 2.67. The Hall–Kier alpha value is -0.800. The lowest BCUT2D eigenvalue weighted by Crippen LogP contribution is -2.28. The molecule has 1 aromatic rings. The lowest BCUT2D eigenvalue weighted by molar-refractivity contribution is 0.242. The Balaban J connectivity index is 1.52. The highest BCUT2D eigenvalue weighted by Crippen LogP contribution is 2.34. The lowest BCUT2D eigenvalue weighted by atomic mass is 10.2. The monoisotopic (exact) mass is 290 g/mol. The van der Waals surface area contributed by atoms with Crippen LogP contribution in [0.4, 0.5) is 0 Å². The first-order chi connectivity index (χ1) is 10.2. The predicted octanol–water partition coefficient (Wildman–Crippen LogP) is 3.65. The van der Waals surface area contributed by atoms with Crippen LogP contribution in [-0.4, -0.2) is 24.5 Å². The Labute approximate surface area is 129 Å². The van der Waals surface area contributed by atoms with Crippen LogP contribution in [0.3, 0.4) is 0 Å². The van der Waals surface area contributed by atoms with Gasteiger partial charge < -0.3 is 9.73 Å². The zero-order valence-corrected chi connectivity index (χ0v) is 13.6. The summed E-state index contributed by atoms with van der Waals surface area (Å²) in [5.74, 6) is 3.76. The maximum absolute atomic E-state index is 5.70. The first-order valence-corrected chi connectivity index (χ1v) is 8.69. The van der Waals surface area contributed by atoms with E-state index in [2.05, 4.69) is 30.1 Å². The summed E-state index contributed by atoms with van der Waals surface area (Å²) in [6, 6.07) is 2.17. The van der Waals surface area contributed by atoms with E-state index in [0.717, 1.165) is 37.2 Å². The molecule has 0 saturated heterocycles. The van der Waals surface area contributed by atoms with Crippen LogP contribution in [-0.2, 0) is 13.1 Å². The smallest absolute Gasteiger partial charge is 0.122 e. The van der Waals surface area contributed by atoms with Gasteiger partial charge in [-0.2, -0.15) is 0 Å². The van der Waals surface area contributed by atoms with Crippen molar-refractivity contribution >= 4 is 0 Å². The minimum Gasteiger partial charge on any atom is -0.468 e. The summed E-state index contributed by atoms with van der Waals surface area (Å²) in [6.45, 7) is 10.0. The Morgan fingerprint density at radius 2 is 1.86 bits per heavy atom. The van der Waals surface area contributed by atoms with E-state index in [1.807, 2.05) is 6.26 Å². The first kappa shape index (κ1) is 15.1. The van der Waals surface area contributed by atoms with Gasteiger partial charge in [0.05, 0.1) is 12.8 Å². The van der Waals surface area contributed by atoms with Crippen LogP contribution >= 0.6 is 0 Å². The fourth-order valence-electron chi connectivity index (χ4n) is 2.91. The van der Waals surface area contributed by atoms with Gasteiger partial charge in [-0.1, -0.05) is 13.8 Å². The van der Waals surface area contributed by atoms with Crippen molar-refractivity contribution in [3.8, 4) is 0 Å². The molecule has 0 spiro atoms. The van der Waals surface area contributed by atoms with Crippen LogP contribution in [0.5, 0.6) is 0 Å². The molecule has 2 fully saturated rings. The number of nitrogens with one attached hydrogen (secondary N) is 1. The van der Waals surface area contributed by atoms with Gasteiger partial charge in [0, 0.05) is 25.2 Å². The molecule has 3 heteroatoms. The van der Waals surface area contributed by atoms with E-state index in [9.17, 15) is 0 Å². The topological polar surface area (TPSA) is 28.4 Å². The standard InChI is InChI=1S/C18H30N2O/c1-14(2)9-19-10-18-17(7-8-21-18)13-20(11-15-3-4-15)12-16-5-6-16/h7-8,14-16,19H,3-6,9-13H2,1-2H3. The van der Waals surface area contributed by atoms with E-state index in [1.165, 1.54) is 44.3 Å². The van der Waals surface area contributed by atoms with Crippen LogP contribution < -0.4 is 5.32 Å². The van der Waals surface area contributed by atoms with Gasteiger partial charge in [-0.25, -0.2) is 0 Å². The van der Waals surface area contributed by atoms with Crippen LogP contribution in [0.15, 0.2) is 16.7 Å². The predicted molar refractivity (Wildman–Crippen MR) is 86.0 cm³/mol. The maximum Gasteiger partial charge on any atom is 0.122 e. The highest BCUT2D eigenvalue weighted by Gasteiger charge is 2.29. The van der Waals surface area contributed by atoms with E-state index in [4.69, 9.17) is 4.42 Å². The molecule has 1 N–H and O–H groups in total. The van der Waals surface area contributed by atoms with Crippen molar-refractivity contribution in [2.24, 2.45) is 17.8 Å². The summed E-state index contributed by atoms with van der Waals surface area (Å²) in [6.07, 6.45) is 7.61. The summed E-state index contributed by atoms with van der Waals surface area (Å²) < 4.78 is 5.70. The van der Waals surface area contributed by atoms with E-state index in [-0.39, 0.29) is 0 Å². The van der Waals surface area contributed by atoms with E-state index >= 15 is 0 Å². The SMILES string of the molecule is CC(C)CNCc1occc1CN(CC1CC1)CC1CC1. The number of furan rings is 1. The van der Waals surface area contributed by atoms with Gasteiger partial charge in [0.1, 0.15) is 5.76 Å². The van der Waals surface area contributed by atoms with Crippen molar-refractivity contribution in [1.29, 1.82) is 0 Å². The zero-order chi connectivity index (χ0) is 14.7. The molecule has 2 saturated carbocycles. The minimum atomic E-state index is 0.685. The van der Waals surface area contributed by atoms with Gasteiger partial charge in [0.2, 0.25) is 0 Å². The van der Waals surface area contributed by atoms with Crippen molar-refractivity contribution in [2.75, 3.05) is 19.6 Å². The Morgan fingerprint density at radius 3 is 2.43 bits per heavy atom. The third-order valence-electron chi connectivity index (χ3n) is 4.50. The van der Waals surface area contributed by atoms with Gasteiger partial charge in [-0.3, -0.25) is 4.90 Å². The normalized spacial score (nSPS) is 18.9. The molecule has 21 heavy (non-hydrogen) atoms. The average Bonchev–Trinajstić information content (AvgIpc) is 3.34. The fraction of sp³-hybridized carbons (Fsp3) is 0.778. The molecule has 0 amide bonds. The minimum absolute atomic E-state index is 0.685. The van der Waals surface area contributed by atoms with Crippen molar-refractivity contribution in [2.45, 2.75) is 52.6 Å². The van der Waals surface area contributed by atoms with Crippen LogP contribution in [0.25, 0.3) is 0 Å². The van der Waals surface area contributed by atoms with Crippen molar-refractivity contribution in [3.63, 3.8) is 0 Å². The average molecular weight is 290 g/mol. The van der Waals surface area contributed by atoms with Crippen molar-refractivity contribution in [1.82, 2.24) is 10.2 Å². The fourth-order valence-corrected chi connectivity index (χ4v) is 2.91. The molecular weight excluding hydrogens is 260 g/mol. The molecule has 0 unspecified atom stereocenters. The lowest BCUT2D eigenvalue weighted by Gasteiger charge is -2.22. The Kier molecular flexibility index (Phi) is 5.02. The number of hydrogen-bond donors (Lipinski definition) is 1. The summed E-state index contributed by atoms with van der Waals surface area (Å²) in [5, 5.41) is 3.49. The molecule has 0 atom stereocenters. The number of nitrogens with zero attached hydrogens (tertiary/aromatic N) is 1. The van der Waals surface area contributed by atoms with Gasteiger partial charge in [0.25, 0.3) is 0 Å². The Bertz CT molecular complexity index is 418. The zero-order valence-electron chi connectivity index (χ0n) is 13.6. The summed E-state index contributed by atoms with van der Waals surface area (Å²) in [5.41, 5.74) is 1.38. The molecular formula is C18H30N2O. The first-order valence-electron chi connectivity index (χ1n) is 8.69. The van der Waals surface area contributed by atoms with Gasteiger partial charge in [0.15, 0.2) is 0 Å². The third kappa shape index (κ3) is 5.15. The molecule has 3 nitrogen and oxygen atoms in total. The molecule has 1 aromatic heterocycles. The second-order valence-corrected chi connectivity index (χ2v) is 7.47. The maximum atomic E-state index is 5.70. The van der Waals surface area contributed by atoms with Crippen LogP contribution in [0.2, 0.25) is 0 Å². The van der Waals surface area contributed by atoms with E-state index in [1.54, 1.807) is 0 Å². The van der Waals surface area contributed by atoms with Gasteiger partial charge >= 0.3 is 0 Å². The van der Waals surface area contributed by atoms with Crippen LogP contribution in [0.1, 0.15) is 50.9 Å². The number of hydrogen-bond acceptors (Lipinski definition) is 3. The molecule has 1 heterocycles. The van der Waals surface area contributed by atoms with E-state index < -0.39 is 0 Å². The van der Waals surface area contributed by atoms with Crippen molar-refractivity contribution in [3.05, 3.63) is 23.7 Å². The number of rotatable bonds is 10. The molecule has 0 aromatic carbocycles. The molecule has 3 rings (SSSR count). The molecule has 2 aliphatic rings. The summed E-state index contributed by atoms with van der Waals surface area (Å²) >= 11 is 0. The molecule has 118 valence electrons. The van der Waals surface area contributed by atoms with Crippen LogP contribution in [0, 0.1) is 17.8 Å². The largest absolute Gasteiger partial charge is 0.468 e.